The minimum absolute atomic E-state index is 0.145. The number of nitrogens with two attached hydrogens (primary N) is 1. The molecule has 0 aliphatic heterocycles. The highest BCUT2D eigenvalue weighted by Gasteiger charge is 2.13. The van der Waals surface area contributed by atoms with Crippen LogP contribution in [-0.2, 0) is 13.0 Å². The fourth-order valence-electron chi connectivity index (χ4n) is 1.52. The molecule has 80 valence electrons. The predicted octanol–water partition coefficient (Wildman–Crippen LogP) is 0.264. The van der Waals surface area contributed by atoms with Crippen molar-refractivity contribution in [3.63, 3.8) is 0 Å². The number of nitrogens with one attached hydrogen (secondary N) is 1. The molecule has 2 rings (SSSR count). The molecule has 2 heterocycles. The normalized spacial score (nSPS) is 12.9. The van der Waals surface area contributed by atoms with Crippen molar-refractivity contribution in [3.8, 4) is 0 Å². The number of aryl methyl sites for hydroxylation is 1. The summed E-state index contributed by atoms with van der Waals surface area (Å²) in [5.74, 6) is 0.812. The van der Waals surface area contributed by atoms with Crippen LogP contribution in [0.3, 0.4) is 0 Å². The van der Waals surface area contributed by atoms with Crippen molar-refractivity contribution in [2.24, 2.45) is 5.73 Å². The van der Waals surface area contributed by atoms with Crippen LogP contribution < -0.4 is 5.73 Å². The molecule has 0 saturated heterocycles. The molecule has 1 atom stereocenters. The average Bonchev–Trinajstić information content (AvgIpc) is 2.86. The molecular formula is C9H14N6. The Morgan fingerprint density at radius 1 is 1.60 bits per heavy atom. The van der Waals surface area contributed by atoms with Crippen LogP contribution in [-0.4, -0.2) is 24.7 Å². The van der Waals surface area contributed by atoms with Crippen LogP contribution in [0, 0.1) is 0 Å². The lowest BCUT2D eigenvalue weighted by Crippen LogP contribution is -2.18. The molecule has 0 amide bonds. The highest BCUT2D eigenvalue weighted by Crippen LogP contribution is 2.11. The van der Waals surface area contributed by atoms with E-state index in [-0.39, 0.29) is 6.04 Å². The smallest absolute Gasteiger partial charge is 0.150 e. The Morgan fingerprint density at radius 3 is 3.13 bits per heavy atom. The Labute approximate surface area is 87.5 Å². The molecule has 3 N–H and O–H groups in total. The zero-order valence-corrected chi connectivity index (χ0v) is 8.59. The molecule has 2 aromatic rings. The molecule has 15 heavy (non-hydrogen) atoms. The zero-order valence-electron chi connectivity index (χ0n) is 8.59. The van der Waals surface area contributed by atoms with Crippen molar-refractivity contribution in [1.82, 2.24) is 24.7 Å². The fraction of sp³-hybridized carbons (Fsp3) is 0.444. The topological polar surface area (TPSA) is 85.4 Å². The number of hydrogen-bond donors (Lipinski definition) is 2. The lowest BCUT2D eigenvalue weighted by Gasteiger charge is -2.10. The van der Waals surface area contributed by atoms with E-state index in [0.29, 0.717) is 6.42 Å². The quantitative estimate of drug-likeness (QED) is 0.751. The Kier molecular flexibility index (Phi) is 2.77. The molecule has 0 bridgehead atoms. The first kappa shape index (κ1) is 9.85. The van der Waals surface area contributed by atoms with Crippen molar-refractivity contribution >= 4 is 0 Å². The van der Waals surface area contributed by atoms with Gasteiger partial charge in [-0.2, -0.15) is 0 Å². The number of rotatable bonds is 4. The molecule has 6 heteroatoms. The van der Waals surface area contributed by atoms with E-state index in [9.17, 15) is 0 Å². The number of nitrogens with zero attached hydrogens (tertiary/aromatic N) is 4. The highest BCUT2D eigenvalue weighted by molar-refractivity contribution is 5.03. The van der Waals surface area contributed by atoms with Gasteiger partial charge in [0.05, 0.1) is 12.4 Å². The first-order valence-corrected chi connectivity index (χ1v) is 4.91. The third-order valence-electron chi connectivity index (χ3n) is 2.31. The van der Waals surface area contributed by atoms with Crippen molar-refractivity contribution in [2.75, 3.05) is 0 Å². The fourth-order valence-corrected chi connectivity index (χ4v) is 1.52. The van der Waals surface area contributed by atoms with Crippen LogP contribution >= 0.6 is 0 Å². The third kappa shape index (κ3) is 2.04. The minimum Gasteiger partial charge on any atom is -0.348 e. The van der Waals surface area contributed by atoms with Crippen LogP contribution in [0.25, 0.3) is 0 Å². The van der Waals surface area contributed by atoms with Crippen molar-refractivity contribution in [1.29, 1.82) is 0 Å². The summed E-state index contributed by atoms with van der Waals surface area (Å²) >= 11 is 0. The number of aromatic amines is 1. The second kappa shape index (κ2) is 4.22. The first-order chi connectivity index (χ1) is 7.31. The van der Waals surface area contributed by atoms with Gasteiger partial charge >= 0.3 is 0 Å². The largest absolute Gasteiger partial charge is 0.348 e. The van der Waals surface area contributed by atoms with Crippen LogP contribution in [0.5, 0.6) is 0 Å². The predicted molar refractivity (Wildman–Crippen MR) is 54.9 cm³/mol. The summed E-state index contributed by atoms with van der Waals surface area (Å²) in [7, 11) is 0. The molecule has 6 nitrogen and oxygen atoms in total. The second-order valence-electron chi connectivity index (χ2n) is 3.36. The van der Waals surface area contributed by atoms with Crippen LogP contribution in [0.15, 0.2) is 18.9 Å². The van der Waals surface area contributed by atoms with Gasteiger partial charge in [-0.3, -0.25) is 0 Å². The summed E-state index contributed by atoms with van der Waals surface area (Å²) in [6, 6.07) is -0.145. The van der Waals surface area contributed by atoms with E-state index in [2.05, 4.69) is 20.2 Å². The van der Waals surface area contributed by atoms with Crippen molar-refractivity contribution < 1.29 is 0 Å². The van der Waals surface area contributed by atoms with E-state index < -0.39 is 0 Å². The average molecular weight is 206 g/mol. The Hall–Kier alpha value is -1.69. The van der Waals surface area contributed by atoms with Crippen molar-refractivity contribution in [2.45, 2.75) is 25.9 Å². The molecule has 0 spiro atoms. The number of imidazole rings is 1. The van der Waals surface area contributed by atoms with E-state index in [1.54, 1.807) is 18.9 Å². The van der Waals surface area contributed by atoms with Gasteiger partial charge in [0, 0.05) is 24.9 Å². The van der Waals surface area contributed by atoms with Crippen LogP contribution in [0.1, 0.15) is 24.5 Å². The Balaban J connectivity index is 2.11. The van der Waals surface area contributed by atoms with Gasteiger partial charge in [-0.25, -0.2) is 4.98 Å². The summed E-state index contributed by atoms with van der Waals surface area (Å²) in [5, 5.41) is 7.87. The monoisotopic (exact) mass is 206 g/mol. The van der Waals surface area contributed by atoms with E-state index in [1.807, 2.05) is 11.5 Å². The van der Waals surface area contributed by atoms with E-state index in [0.717, 1.165) is 18.1 Å². The van der Waals surface area contributed by atoms with Gasteiger partial charge in [-0.05, 0) is 6.92 Å². The van der Waals surface area contributed by atoms with E-state index in [1.165, 1.54) is 0 Å². The van der Waals surface area contributed by atoms with Gasteiger partial charge < -0.3 is 15.3 Å². The van der Waals surface area contributed by atoms with Gasteiger partial charge in [0.25, 0.3) is 0 Å². The maximum Gasteiger partial charge on any atom is 0.150 e. The molecule has 0 fully saturated rings. The van der Waals surface area contributed by atoms with Gasteiger partial charge in [-0.1, -0.05) is 0 Å². The SMILES string of the molecule is CCn1cnnc1C(N)Cc1cnc[nH]1. The molecule has 0 aliphatic rings. The number of hydrogen-bond acceptors (Lipinski definition) is 4. The zero-order chi connectivity index (χ0) is 10.7. The van der Waals surface area contributed by atoms with Crippen LogP contribution in [0.4, 0.5) is 0 Å². The van der Waals surface area contributed by atoms with Crippen molar-refractivity contribution in [3.05, 3.63) is 30.4 Å². The molecule has 0 aliphatic carbocycles. The summed E-state index contributed by atoms with van der Waals surface area (Å²) < 4.78 is 1.95. The molecule has 0 radical (unpaired) electrons. The summed E-state index contributed by atoms with van der Waals surface area (Å²) in [4.78, 5) is 6.96. The summed E-state index contributed by atoms with van der Waals surface area (Å²) in [5.41, 5.74) is 7.04. The Morgan fingerprint density at radius 2 is 2.47 bits per heavy atom. The van der Waals surface area contributed by atoms with Crippen LogP contribution in [0.2, 0.25) is 0 Å². The molecule has 2 aromatic heterocycles. The van der Waals surface area contributed by atoms with Gasteiger partial charge in [0.1, 0.15) is 12.2 Å². The van der Waals surface area contributed by atoms with Gasteiger partial charge in [0.2, 0.25) is 0 Å². The highest BCUT2D eigenvalue weighted by atomic mass is 15.3. The van der Waals surface area contributed by atoms with Gasteiger partial charge in [-0.15, -0.1) is 10.2 Å². The second-order valence-corrected chi connectivity index (χ2v) is 3.36. The lowest BCUT2D eigenvalue weighted by molar-refractivity contribution is 0.594. The minimum atomic E-state index is -0.145. The van der Waals surface area contributed by atoms with Gasteiger partial charge in [0.15, 0.2) is 0 Å². The third-order valence-corrected chi connectivity index (χ3v) is 2.31. The van der Waals surface area contributed by atoms with E-state index >= 15 is 0 Å². The summed E-state index contributed by atoms with van der Waals surface area (Å²) in [6.07, 6.45) is 5.81. The maximum absolute atomic E-state index is 6.04. The first-order valence-electron chi connectivity index (χ1n) is 4.91. The Bertz CT molecular complexity index is 404. The lowest BCUT2D eigenvalue weighted by atomic mass is 10.1. The summed E-state index contributed by atoms with van der Waals surface area (Å²) in [6.45, 7) is 2.87. The standard InChI is InChI=1S/C9H14N6/c1-2-15-6-13-14-9(15)8(10)3-7-4-11-5-12-7/h4-6,8H,2-3,10H2,1H3,(H,11,12). The molecule has 1 unspecified atom stereocenters. The maximum atomic E-state index is 6.04. The molecular weight excluding hydrogens is 192 g/mol. The number of H-pyrrole nitrogens is 1. The molecule has 0 saturated carbocycles. The number of aromatic nitrogens is 5. The van der Waals surface area contributed by atoms with E-state index in [4.69, 9.17) is 5.73 Å². The molecule has 0 aromatic carbocycles.